The molecule has 0 bridgehead atoms. The van der Waals surface area contributed by atoms with Crippen LogP contribution in [0.25, 0.3) is 0 Å². The predicted octanol–water partition coefficient (Wildman–Crippen LogP) is 4.27. The number of amides is 1. The number of thioether (sulfide) groups is 1. The van der Waals surface area contributed by atoms with Gasteiger partial charge in [0.25, 0.3) is 5.95 Å². The van der Waals surface area contributed by atoms with E-state index in [4.69, 9.17) is 10.6 Å². The Morgan fingerprint density at radius 3 is 2.62 bits per heavy atom. The summed E-state index contributed by atoms with van der Waals surface area (Å²) in [6.45, 7) is 1.99. The molecule has 3 aromatic carbocycles. The van der Waals surface area contributed by atoms with E-state index in [9.17, 15) is 4.79 Å². The van der Waals surface area contributed by atoms with Gasteiger partial charge < -0.3 is 15.9 Å². The number of hydrogen-bond donors (Lipinski definition) is 3. The van der Waals surface area contributed by atoms with Crippen LogP contribution in [0.5, 0.6) is 11.5 Å². The van der Waals surface area contributed by atoms with Crippen LogP contribution in [0.3, 0.4) is 0 Å². The molecule has 4 aromatic rings. The summed E-state index contributed by atoms with van der Waals surface area (Å²) in [5.41, 5.74) is 5.45. The minimum Gasteiger partial charge on any atom is -0.457 e. The second-order valence-electron chi connectivity index (χ2n) is 7.24. The first-order chi connectivity index (χ1) is 16.6. The number of aryl methyl sites for hydroxylation is 1. The highest BCUT2D eigenvalue weighted by atomic mass is 32.2. The normalized spacial score (nSPS) is 10.9. The number of carbonyl (C=O) groups excluding carboxylic acids is 1. The van der Waals surface area contributed by atoms with Gasteiger partial charge in [0.1, 0.15) is 11.5 Å². The van der Waals surface area contributed by atoms with Crippen molar-refractivity contribution in [3.8, 4) is 11.5 Å². The summed E-state index contributed by atoms with van der Waals surface area (Å²) in [6.07, 6.45) is 1.62. The van der Waals surface area contributed by atoms with Crippen molar-refractivity contribution in [1.29, 1.82) is 0 Å². The Morgan fingerprint density at radius 2 is 1.82 bits per heavy atom. The van der Waals surface area contributed by atoms with E-state index < -0.39 is 0 Å². The van der Waals surface area contributed by atoms with Crippen molar-refractivity contribution in [2.75, 3.05) is 22.3 Å². The Bertz CT molecular complexity index is 1270. The number of nitrogens with two attached hydrogens (primary N) is 1. The van der Waals surface area contributed by atoms with Gasteiger partial charge in [-0.3, -0.25) is 4.79 Å². The van der Waals surface area contributed by atoms with Gasteiger partial charge in [-0.25, -0.2) is 10.1 Å². The lowest BCUT2D eigenvalue weighted by Gasteiger charge is -2.06. The van der Waals surface area contributed by atoms with Gasteiger partial charge in [-0.1, -0.05) is 59.8 Å². The molecule has 9 nitrogen and oxygen atoms in total. The largest absolute Gasteiger partial charge is 0.457 e. The van der Waals surface area contributed by atoms with Gasteiger partial charge in [-0.05, 0) is 48.9 Å². The van der Waals surface area contributed by atoms with Crippen molar-refractivity contribution >= 4 is 35.5 Å². The Labute approximate surface area is 201 Å². The van der Waals surface area contributed by atoms with Crippen LogP contribution in [0.15, 0.2) is 89.1 Å². The summed E-state index contributed by atoms with van der Waals surface area (Å²) in [5, 5.41) is 15.4. The minimum atomic E-state index is -0.165. The number of rotatable bonds is 9. The van der Waals surface area contributed by atoms with E-state index in [-0.39, 0.29) is 17.6 Å². The summed E-state index contributed by atoms with van der Waals surface area (Å²) in [7, 11) is 0. The number of para-hydroxylation sites is 1. The molecule has 1 aromatic heterocycles. The third kappa shape index (κ3) is 6.36. The third-order valence-corrected chi connectivity index (χ3v) is 5.49. The van der Waals surface area contributed by atoms with Crippen molar-refractivity contribution in [2.24, 2.45) is 5.10 Å². The molecule has 0 aliphatic heterocycles. The molecule has 0 fully saturated rings. The highest BCUT2D eigenvalue weighted by molar-refractivity contribution is 7.99. The fourth-order valence-electron chi connectivity index (χ4n) is 2.86. The number of hydrazone groups is 1. The Hall–Kier alpha value is -4.31. The molecule has 0 unspecified atom stereocenters. The number of nitrogens with one attached hydrogen (secondary N) is 2. The van der Waals surface area contributed by atoms with Gasteiger partial charge >= 0.3 is 0 Å². The first-order valence-corrected chi connectivity index (χ1v) is 11.4. The topological polar surface area (TPSA) is 119 Å². The Balaban J connectivity index is 1.29. The van der Waals surface area contributed by atoms with Crippen LogP contribution in [0.2, 0.25) is 0 Å². The van der Waals surface area contributed by atoms with Gasteiger partial charge in [-0.15, -0.1) is 10.2 Å². The molecule has 0 saturated carbocycles. The van der Waals surface area contributed by atoms with Crippen LogP contribution >= 0.6 is 11.8 Å². The average Bonchev–Trinajstić information content (AvgIpc) is 3.19. The summed E-state index contributed by atoms with van der Waals surface area (Å²) in [5.74, 6) is 7.70. The summed E-state index contributed by atoms with van der Waals surface area (Å²) in [6, 6.07) is 24.6. The number of benzene rings is 3. The van der Waals surface area contributed by atoms with Crippen LogP contribution < -0.4 is 21.3 Å². The lowest BCUT2D eigenvalue weighted by Crippen LogP contribution is -2.16. The quantitative estimate of drug-likeness (QED) is 0.144. The molecule has 0 aliphatic rings. The third-order valence-electron chi connectivity index (χ3n) is 4.55. The monoisotopic (exact) mass is 473 g/mol. The molecule has 0 atom stereocenters. The van der Waals surface area contributed by atoms with Gasteiger partial charge in [0.15, 0.2) is 0 Å². The smallest absolute Gasteiger partial charge is 0.264 e. The SMILES string of the molecule is Cc1ccc(NC(=O)CSc2nnc(N/N=C/c3cccc(Oc4ccccc4)c3)n2N)cc1. The lowest BCUT2D eigenvalue weighted by atomic mass is 10.2. The highest BCUT2D eigenvalue weighted by Gasteiger charge is 2.12. The van der Waals surface area contributed by atoms with Crippen LogP contribution in [0, 0.1) is 6.92 Å². The van der Waals surface area contributed by atoms with E-state index in [2.05, 4.69) is 26.0 Å². The van der Waals surface area contributed by atoms with Crippen LogP contribution in [0.4, 0.5) is 11.6 Å². The molecule has 4 rings (SSSR count). The van der Waals surface area contributed by atoms with Crippen molar-refractivity contribution in [3.05, 3.63) is 90.0 Å². The van der Waals surface area contributed by atoms with Crippen LogP contribution in [-0.2, 0) is 4.79 Å². The van der Waals surface area contributed by atoms with E-state index in [0.717, 1.165) is 22.6 Å². The molecular formula is C24H23N7O2S. The molecule has 0 aliphatic carbocycles. The van der Waals surface area contributed by atoms with E-state index in [1.807, 2.05) is 85.8 Å². The van der Waals surface area contributed by atoms with E-state index in [0.29, 0.717) is 10.9 Å². The van der Waals surface area contributed by atoms with Crippen LogP contribution in [0.1, 0.15) is 11.1 Å². The molecule has 4 N–H and O–H groups in total. The zero-order valence-electron chi connectivity index (χ0n) is 18.4. The van der Waals surface area contributed by atoms with Gasteiger partial charge in [-0.2, -0.15) is 5.10 Å². The number of nitrogens with zero attached hydrogens (tertiary/aromatic N) is 4. The molecule has 10 heteroatoms. The summed E-state index contributed by atoms with van der Waals surface area (Å²) in [4.78, 5) is 12.2. The molecule has 1 heterocycles. The fraction of sp³-hybridized carbons (Fsp3) is 0.0833. The van der Waals surface area contributed by atoms with Crippen molar-refractivity contribution in [2.45, 2.75) is 12.1 Å². The maximum Gasteiger partial charge on any atom is 0.264 e. The Kier molecular flexibility index (Phi) is 7.41. The first-order valence-electron chi connectivity index (χ1n) is 10.4. The lowest BCUT2D eigenvalue weighted by molar-refractivity contribution is -0.113. The van der Waals surface area contributed by atoms with E-state index >= 15 is 0 Å². The Morgan fingerprint density at radius 1 is 1.06 bits per heavy atom. The van der Waals surface area contributed by atoms with E-state index in [1.54, 1.807) is 6.21 Å². The zero-order valence-corrected chi connectivity index (χ0v) is 19.2. The second kappa shape index (κ2) is 11.0. The van der Waals surface area contributed by atoms with Crippen molar-refractivity contribution in [3.63, 3.8) is 0 Å². The fourth-order valence-corrected chi connectivity index (χ4v) is 3.52. The first kappa shape index (κ1) is 22.9. The molecule has 0 saturated heterocycles. The highest BCUT2D eigenvalue weighted by Crippen LogP contribution is 2.21. The molecule has 0 spiro atoms. The maximum atomic E-state index is 12.2. The number of ether oxygens (including phenoxy) is 1. The van der Waals surface area contributed by atoms with Crippen LogP contribution in [-0.4, -0.2) is 32.7 Å². The number of aromatic nitrogens is 3. The molecule has 172 valence electrons. The average molecular weight is 474 g/mol. The molecule has 0 radical (unpaired) electrons. The van der Waals surface area contributed by atoms with Crippen molar-refractivity contribution in [1.82, 2.24) is 14.9 Å². The maximum absolute atomic E-state index is 12.2. The van der Waals surface area contributed by atoms with Crippen molar-refractivity contribution < 1.29 is 9.53 Å². The number of hydrogen-bond acceptors (Lipinski definition) is 8. The van der Waals surface area contributed by atoms with Gasteiger partial charge in [0.05, 0.1) is 12.0 Å². The number of carbonyl (C=O) groups is 1. The predicted molar refractivity (Wildman–Crippen MR) is 135 cm³/mol. The van der Waals surface area contributed by atoms with Gasteiger partial charge in [0, 0.05) is 5.69 Å². The minimum absolute atomic E-state index is 0.140. The number of anilines is 2. The van der Waals surface area contributed by atoms with Gasteiger partial charge in [0.2, 0.25) is 11.1 Å². The standard InChI is InChI=1S/C24H23N7O2S/c1-17-10-12-19(13-11-17)27-22(32)16-34-24-30-29-23(31(24)25)28-26-15-18-6-5-9-21(14-18)33-20-7-3-2-4-8-20/h2-15H,16,25H2,1H3,(H,27,32)(H,28,29)/b26-15+. The zero-order chi connectivity index (χ0) is 23.8. The summed E-state index contributed by atoms with van der Waals surface area (Å²) < 4.78 is 7.08. The summed E-state index contributed by atoms with van der Waals surface area (Å²) >= 11 is 1.17. The molecular weight excluding hydrogens is 450 g/mol. The molecule has 1 amide bonds. The second-order valence-corrected chi connectivity index (χ2v) is 8.18. The molecule has 34 heavy (non-hydrogen) atoms. The number of nitrogen functional groups attached to an aromatic ring is 1. The van der Waals surface area contributed by atoms with E-state index in [1.165, 1.54) is 16.4 Å².